The van der Waals surface area contributed by atoms with Crippen molar-refractivity contribution in [3.05, 3.63) is 116 Å². The largest absolute Gasteiger partial charge is 0.507 e. The summed E-state index contributed by atoms with van der Waals surface area (Å²) in [5.74, 6) is 0.882. The number of nitriles is 3. The summed E-state index contributed by atoms with van der Waals surface area (Å²) in [6.07, 6.45) is 3.27. The van der Waals surface area contributed by atoms with Crippen molar-refractivity contribution >= 4 is 0 Å². The molecule has 1 aliphatic rings. The lowest BCUT2D eigenvalue weighted by atomic mass is 9.88. The van der Waals surface area contributed by atoms with Gasteiger partial charge in [-0.25, -0.2) is 0 Å². The van der Waals surface area contributed by atoms with Crippen molar-refractivity contribution < 1.29 is 20.1 Å². The van der Waals surface area contributed by atoms with Crippen LogP contribution in [0, 0.1) is 34.0 Å². The summed E-state index contributed by atoms with van der Waals surface area (Å²) in [5.41, 5.74) is 7.38. The number of para-hydroxylation sites is 1. The lowest BCUT2D eigenvalue weighted by molar-refractivity contribution is 0.304. The third-order valence-corrected chi connectivity index (χ3v) is 8.28. The molecule has 0 atom stereocenters. The summed E-state index contributed by atoms with van der Waals surface area (Å²) in [6, 6.07) is 23.3. The van der Waals surface area contributed by atoms with Crippen molar-refractivity contribution in [2.24, 2.45) is 0 Å². The molecule has 226 valence electrons. The Balaban J connectivity index is 1.78. The van der Waals surface area contributed by atoms with E-state index in [4.69, 9.17) is 4.74 Å². The van der Waals surface area contributed by atoms with Gasteiger partial charge in [-0.1, -0.05) is 67.9 Å². The van der Waals surface area contributed by atoms with Gasteiger partial charge in [0.2, 0.25) is 0 Å². The standard InChI is InChI=1S/C38H35N3O4/c1-2-3-13-45-38-27-5-4-6-28(38)21-30-15-25(8-11-40)17-32(36(30)43)23-34-19-26(9-12-41)18-33(37(34)44)22-31-16-24(7-10-39)14-29(20-27)35(31)42/h4-6,14-19,42-44H,2-3,7-9,13,20-23H2,1H3. The van der Waals surface area contributed by atoms with Crippen LogP contribution in [0.15, 0.2) is 54.6 Å². The summed E-state index contributed by atoms with van der Waals surface area (Å²) in [5, 5.41) is 63.2. The average molecular weight is 598 g/mol. The molecular formula is C38H35N3O4. The van der Waals surface area contributed by atoms with Crippen LogP contribution in [0.3, 0.4) is 0 Å². The molecule has 0 saturated carbocycles. The Bertz CT molecular complexity index is 1760. The summed E-state index contributed by atoms with van der Waals surface area (Å²) >= 11 is 0. The summed E-state index contributed by atoms with van der Waals surface area (Å²) in [6.45, 7) is 2.61. The van der Waals surface area contributed by atoms with Gasteiger partial charge in [0, 0.05) is 25.7 Å². The molecule has 5 rings (SSSR count). The zero-order chi connectivity index (χ0) is 31.9. The second-order valence-corrected chi connectivity index (χ2v) is 11.6. The molecule has 0 saturated heterocycles. The van der Waals surface area contributed by atoms with Crippen molar-refractivity contribution in [1.82, 2.24) is 0 Å². The zero-order valence-electron chi connectivity index (χ0n) is 25.4. The number of hydrogen-bond donors (Lipinski definition) is 3. The van der Waals surface area contributed by atoms with Gasteiger partial charge in [0.25, 0.3) is 0 Å². The van der Waals surface area contributed by atoms with E-state index in [1.807, 2.05) is 30.3 Å². The normalized spacial score (nSPS) is 12.0. The molecule has 45 heavy (non-hydrogen) atoms. The van der Waals surface area contributed by atoms with Gasteiger partial charge in [-0.3, -0.25) is 0 Å². The van der Waals surface area contributed by atoms with E-state index in [1.165, 1.54) is 0 Å². The summed E-state index contributed by atoms with van der Waals surface area (Å²) in [7, 11) is 0. The van der Waals surface area contributed by atoms with Crippen molar-refractivity contribution in [2.75, 3.05) is 6.61 Å². The van der Waals surface area contributed by atoms with Gasteiger partial charge in [0.15, 0.2) is 0 Å². The number of unbranched alkanes of at least 4 members (excludes halogenated alkanes) is 1. The van der Waals surface area contributed by atoms with Crippen LogP contribution in [-0.4, -0.2) is 21.9 Å². The molecule has 7 heteroatoms. The first-order valence-electron chi connectivity index (χ1n) is 15.2. The Kier molecular flexibility index (Phi) is 9.57. The van der Waals surface area contributed by atoms with Gasteiger partial charge in [0.05, 0.1) is 44.1 Å². The topological polar surface area (TPSA) is 141 Å². The third-order valence-electron chi connectivity index (χ3n) is 8.28. The molecule has 1 aliphatic carbocycles. The molecular weight excluding hydrogens is 562 g/mol. The van der Waals surface area contributed by atoms with Crippen LogP contribution in [-0.2, 0) is 44.9 Å². The van der Waals surface area contributed by atoms with E-state index in [0.29, 0.717) is 64.1 Å². The highest BCUT2D eigenvalue weighted by Gasteiger charge is 2.21. The van der Waals surface area contributed by atoms with Crippen LogP contribution in [0.4, 0.5) is 0 Å². The number of phenols is 3. The molecule has 3 N–H and O–H groups in total. The van der Waals surface area contributed by atoms with Crippen molar-refractivity contribution in [1.29, 1.82) is 15.8 Å². The molecule has 0 aliphatic heterocycles. The zero-order valence-corrected chi connectivity index (χ0v) is 25.4. The fourth-order valence-corrected chi connectivity index (χ4v) is 6.13. The first kappa shape index (κ1) is 31.0. The SMILES string of the molecule is CCCCOc1c2cccc1Cc1cc(CC#N)cc(c1O)Cc1cc(CC#N)cc(c1O)Cc1cc(CC#N)cc(c1O)C2. The predicted octanol–water partition coefficient (Wildman–Crippen LogP) is 6.86. The molecule has 0 radical (unpaired) electrons. The van der Waals surface area contributed by atoms with Gasteiger partial charge in [-0.15, -0.1) is 0 Å². The van der Waals surface area contributed by atoms with Crippen LogP contribution in [0.1, 0.15) is 81.0 Å². The molecule has 7 nitrogen and oxygen atoms in total. The second kappa shape index (κ2) is 13.9. The molecule has 4 aromatic carbocycles. The van der Waals surface area contributed by atoms with E-state index in [1.54, 1.807) is 24.3 Å². The van der Waals surface area contributed by atoms with E-state index in [2.05, 4.69) is 25.1 Å². The molecule has 4 aromatic rings. The maximum absolute atomic E-state index is 11.6. The second-order valence-electron chi connectivity index (χ2n) is 11.6. The third kappa shape index (κ3) is 6.87. The number of fused-ring (bicyclic) bond motifs is 8. The van der Waals surface area contributed by atoms with Crippen LogP contribution >= 0.6 is 0 Å². The minimum absolute atomic E-state index is 0.0129. The first-order valence-corrected chi connectivity index (χ1v) is 15.2. The number of hydrogen-bond acceptors (Lipinski definition) is 7. The Morgan fingerprint density at radius 1 is 0.578 bits per heavy atom. The van der Waals surface area contributed by atoms with E-state index < -0.39 is 0 Å². The predicted molar refractivity (Wildman–Crippen MR) is 170 cm³/mol. The van der Waals surface area contributed by atoms with Crippen LogP contribution in [0.2, 0.25) is 0 Å². The lowest BCUT2D eigenvalue weighted by Gasteiger charge is -2.20. The Morgan fingerprint density at radius 3 is 1.22 bits per heavy atom. The molecule has 0 heterocycles. The number of benzene rings is 4. The van der Waals surface area contributed by atoms with E-state index in [-0.39, 0.29) is 49.4 Å². The Morgan fingerprint density at radius 2 is 0.911 bits per heavy atom. The van der Waals surface area contributed by atoms with Gasteiger partial charge >= 0.3 is 0 Å². The van der Waals surface area contributed by atoms with Crippen molar-refractivity contribution in [3.8, 4) is 41.2 Å². The monoisotopic (exact) mass is 597 g/mol. The van der Waals surface area contributed by atoms with Crippen LogP contribution in [0.25, 0.3) is 0 Å². The fraction of sp³-hybridized carbons (Fsp3) is 0.289. The van der Waals surface area contributed by atoms with Crippen LogP contribution < -0.4 is 4.74 Å². The highest BCUT2D eigenvalue weighted by atomic mass is 16.5. The van der Waals surface area contributed by atoms with Gasteiger partial charge in [-0.2, -0.15) is 15.8 Å². The maximum Gasteiger partial charge on any atom is 0.126 e. The van der Waals surface area contributed by atoms with Crippen molar-refractivity contribution in [3.63, 3.8) is 0 Å². The van der Waals surface area contributed by atoms with Gasteiger partial charge in [-0.05, 0) is 67.6 Å². The van der Waals surface area contributed by atoms with Crippen LogP contribution in [0.5, 0.6) is 23.0 Å². The van der Waals surface area contributed by atoms with Gasteiger partial charge < -0.3 is 20.1 Å². The van der Waals surface area contributed by atoms with E-state index >= 15 is 0 Å². The smallest absolute Gasteiger partial charge is 0.126 e. The lowest BCUT2D eigenvalue weighted by Crippen LogP contribution is -2.07. The molecule has 0 aromatic heterocycles. The summed E-state index contributed by atoms with van der Waals surface area (Å²) < 4.78 is 6.39. The average Bonchev–Trinajstić information content (AvgIpc) is 3.01. The summed E-state index contributed by atoms with van der Waals surface area (Å²) in [4.78, 5) is 0. The van der Waals surface area contributed by atoms with E-state index in [9.17, 15) is 31.1 Å². The van der Waals surface area contributed by atoms with E-state index in [0.717, 1.165) is 35.1 Å². The molecule has 0 spiro atoms. The number of rotatable bonds is 7. The molecule has 0 amide bonds. The minimum atomic E-state index is 0.0129. The fourth-order valence-electron chi connectivity index (χ4n) is 6.13. The maximum atomic E-state index is 11.6. The Hall–Kier alpha value is -5.45. The minimum Gasteiger partial charge on any atom is -0.507 e. The highest BCUT2D eigenvalue weighted by molar-refractivity contribution is 5.57. The molecule has 8 bridgehead atoms. The number of nitrogens with zero attached hydrogens (tertiary/aromatic N) is 3. The quantitative estimate of drug-likeness (QED) is 0.174. The number of phenolic OH excluding ortho intramolecular Hbond substituents is 3. The first-order chi connectivity index (χ1) is 21.8. The highest BCUT2D eigenvalue weighted by Crippen LogP contribution is 2.39. The van der Waals surface area contributed by atoms with Crippen molar-refractivity contribution in [2.45, 2.75) is 64.7 Å². The Labute approximate surface area is 263 Å². The number of aromatic hydroxyl groups is 3. The van der Waals surface area contributed by atoms with Gasteiger partial charge in [0.1, 0.15) is 23.0 Å². The number of ether oxygens (including phenoxy) is 1. The molecule has 0 unspecified atom stereocenters. The molecule has 0 fully saturated rings.